The average Bonchev–Trinajstić information content (AvgIpc) is 3.56. The quantitative estimate of drug-likeness (QED) is 0.297. The van der Waals surface area contributed by atoms with Gasteiger partial charge in [0.1, 0.15) is 17.4 Å². The van der Waals surface area contributed by atoms with Gasteiger partial charge in [-0.05, 0) is 50.5 Å². The highest BCUT2D eigenvalue weighted by atomic mass is 32.2. The third kappa shape index (κ3) is 5.72. The van der Waals surface area contributed by atoms with Crippen LogP contribution in [0.15, 0.2) is 70.7 Å². The molecule has 0 bridgehead atoms. The molecular formula is C29H27F3N6O3S. The molecule has 2 atom stereocenters. The van der Waals surface area contributed by atoms with Crippen molar-refractivity contribution in [2.45, 2.75) is 60.5 Å². The molecule has 1 aliphatic heterocycles. The number of nitriles is 1. The van der Waals surface area contributed by atoms with Gasteiger partial charge < -0.3 is 15.6 Å². The summed E-state index contributed by atoms with van der Waals surface area (Å²) < 4.78 is 68.9. The Labute approximate surface area is 240 Å². The smallest absolute Gasteiger partial charge is 0.346 e. The predicted octanol–water partition coefficient (Wildman–Crippen LogP) is 4.80. The zero-order valence-corrected chi connectivity index (χ0v) is 23.3. The second kappa shape index (κ2) is 10.8. The van der Waals surface area contributed by atoms with E-state index in [4.69, 9.17) is 10.4 Å². The van der Waals surface area contributed by atoms with Gasteiger partial charge in [0.05, 0.1) is 33.0 Å². The van der Waals surface area contributed by atoms with Gasteiger partial charge in [0.25, 0.3) is 0 Å². The summed E-state index contributed by atoms with van der Waals surface area (Å²) in [6.07, 6.45) is -2.85. The number of aromatic nitrogens is 1. The number of alkyl halides is 3. The summed E-state index contributed by atoms with van der Waals surface area (Å²) in [5.74, 6) is -0.409. The summed E-state index contributed by atoms with van der Waals surface area (Å²) in [6, 6.07) is 13.7. The molecule has 2 aliphatic rings. The van der Waals surface area contributed by atoms with Gasteiger partial charge in [-0.15, -0.1) is 0 Å². The van der Waals surface area contributed by atoms with Crippen LogP contribution in [0.2, 0.25) is 0 Å². The van der Waals surface area contributed by atoms with Crippen molar-refractivity contribution in [1.29, 1.82) is 10.7 Å². The number of hydrogen-bond donors (Lipinski definition) is 2. The molecule has 1 aromatic heterocycles. The molecule has 0 radical (unpaired) electrons. The number of likely N-dealkylation sites (tertiary alicyclic amines) is 1. The lowest BCUT2D eigenvalue weighted by molar-refractivity contribution is -0.139. The van der Waals surface area contributed by atoms with Gasteiger partial charge in [-0.2, -0.15) is 18.4 Å². The number of fused-ring (bicyclic) bond motifs is 1. The summed E-state index contributed by atoms with van der Waals surface area (Å²) in [5.41, 5.74) is -1.04. The molecule has 13 heteroatoms. The van der Waals surface area contributed by atoms with E-state index in [-0.39, 0.29) is 30.9 Å². The molecule has 1 aliphatic carbocycles. The minimum absolute atomic E-state index is 0.0459. The highest BCUT2D eigenvalue weighted by Crippen LogP contribution is 2.39. The van der Waals surface area contributed by atoms with Crippen molar-refractivity contribution in [1.82, 2.24) is 15.2 Å². The summed E-state index contributed by atoms with van der Waals surface area (Å²) in [6.45, 7) is 1.20. The number of nitrogens with zero attached hydrogens (tertiary/aromatic N) is 4. The number of rotatable bonds is 7. The fraction of sp³-hybridized carbons (Fsp3) is 0.345. The molecule has 2 N–H and O–H groups in total. The molecule has 218 valence electrons. The Morgan fingerprint density at radius 3 is 2.55 bits per heavy atom. The number of pyridine rings is 1. The number of para-hydroxylation sites is 1. The molecule has 2 aromatic carbocycles. The van der Waals surface area contributed by atoms with E-state index in [1.807, 2.05) is 6.07 Å². The number of aliphatic imine (C=N–C) groups is 1. The van der Waals surface area contributed by atoms with Crippen LogP contribution in [0.5, 0.6) is 0 Å². The van der Waals surface area contributed by atoms with Gasteiger partial charge in [-0.25, -0.2) is 13.4 Å². The van der Waals surface area contributed by atoms with Crippen LogP contribution in [0.3, 0.4) is 0 Å². The van der Waals surface area contributed by atoms with Gasteiger partial charge in [0.2, 0.25) is 5.91 Å². The maximum atomic E-state index is 13.8. The normalized spacial score (nSPS) is 20.3. The second-order valence-corrected chi connectivity index (χ2v) is 12.8. The summed E-state index contributed by atoms with van der Waals surface area (Å²) in [5, 5.41) is 19.7. The molecule has 1 amide bonds. The number of nitrogens with one attached hydrogen (secondary N) is 2. The fourth-order valence-electron chi connectivity index (χ4n) is 5.15. The number of benzene rings is 2. The van der Waals surface area contributed by atoms with Crippen LogP contribution in [0.1, 0.15) is 38.2 Å². The van der Waals surface area contributed by atoms with E-state index in [1.165, 1.54) is 17.9 Å². The van der Waals surface area contributed by atoms with Crippen LogP contribution in [-0.2, 0) is 20.8 Å². The van der Waals surface area contributed by atoms with Crippen LogP contribution < -0.4 is 5.32 Å². The number of halogens is 3. The van der Waals surface area contributed by atoms with Crippen molar-refractivity contribution >= 4 is 43.9 Å². The summed E-state index contributed by atoms with van der Waals surface area (Å²) >= 11 is 0. The minimum atomic E-state index is -4.91. The zero-order chi connectivity index (χ0) is 30.3. The Morgan fingerprint density at radius 1 is 1.19 bits per heavy atom. The topological polar surface area (TPSA) is 139 Å². The largest absolute Gasteiger partial charge is 0.417 e. The number of carbonyl (C=O) groups excluding carboxylic acids is 1. The van der Waals surface area contributed by atoms with Crippen molar-refractivity contribution in [3.05, 3.63) is 66.4 Å². The molecule has 1 saturated heterocycles. The predicted molar refractivity (Wildman–Crippen MR) is 150 cm³/mol. The van der Waals surface area contributed by atoms with Crippen molar-refractivity contribution in [3.8, 4) is 6.07 Å². The number of carbonyl (C=O) groups is 1. The molecular weight excluding hydrogens is 569 g/mol. The zero-order valence-electron chi connectivity index (χ0n) is 22.5. The highest BCUT2D eigenvalue weighted by molar-refractivity contribution is 7.92. The van der Waals surface area contributed by atoms with Crippen LogP contribution in [-0.4, -0.2) is 59.1 Å². The van der Waals surface area contributed by atoms with Crippen LogP contribution in [0.4, 0.5) is 18.9 Å². The van der Waals surface area contributed by atoms with E-state index in [1.54, 1.807) is 30.5 Å². The lowest BCUT2D eigenvalue weighted by Crippen LogP contribution is -2.49. The Balaban J connectivity index is 1.60. The third-order valence-electron chi connectivity index (χ3n) is 7.46. The first-order valence-corrected chi connectivity index (χ1v) is 14.7. The molecule has 2 unspecified atom stereocenters. The lowest BCUT2D eigenvalue weighted by atomic mass is 10.1. The molecule has 42 heavy (non-hydrogen) atoms. The highest BCUT2D eigenvalue weighted by Gasteiger charge is 2.50. The summed E-state index contributed by atoms with van der Waals surface area (Å²) in [4.78, 5) is 23.2. The lowest BCUT2D eigenvalue weighted by Gasteiger charge is -2.28. The number of sulfone groups is 1. The van der Waals surface area contributed by atoms with E-state index in [0.717, 1.165) is 12.1 Å². The molecule has 1 saturated carbocycles. The maximum absolute atomic E-state index is 13.8. The van der Waals surface area contributed by atoms with Crippen molar-refractivity contribution in [3.63, 3.8) is 0 Å². The van der Waals surface area contributed by atoms with Gasteiger partial charge >= 0.3 is 6.18 Å². The first kappa shape index (κ1) is 29.2. The molecule has 5 rings (SSSR count). The Bertz CT molecular complexity index is 1740. The molecule has 2 fully saturated rings. The molecule has 9 nitrogen and oxygen atoms in total. The van der Waals surface area contributed by atoms with Gasteiger partial charge in [-0.3, -0.25) is 9.78 Å². The van der Waals surface area contributed by atoms with Crippen molar-refractivity contribution < 1.29 is 26.4 Å². The molecule has 3 aromatic rings. The van der Waals surface area contributed by atoms with Crippen LogP contribution in [0, 0.1) is 16.7 Å². The van der Waals surface area contributed by atoms with E-state index < -0.39 is 49.2 Å². The Morgan fingerprint density at radius 2 is 1.88 bits per heavy atom. The first-order chi connectivity index (χ1) is 19.8. The van der Waals surface area contributed by atoms with E-state index in [9.17, 15) is 31.6 Å². The number of amides is 1. The van der Waals surface area contributed by atoms with Crippen LogP contribution >= 0.6 is 0 Å². The standard InChI is InChI=1S/C29H27F3N6O3S/c1-18(34)14-26(36-23-10-13-35-22-8-4-2-6-20(22)23)38-16-19(15-24(38)27(39)37-28(17-33)11-12-28)42(40,41)25-9-5-3-7-21(25)29(30,31)32/h2-10,13,19,24,34H,11-12,14-16H2,1H3,(H,37,39). The first-order valence-electron chi connectivity index (χ1n) is 13.2. The summed E-state index contributed by atoms with van der Waals surface area (Å²) in [7, 11) is -4.58. The van der Waals surface area contributed by atoms with Gasteiger partial charge in [0, 0.05) is 30.3 Å². The number of hydrogen-bond acceptors (Lipinski definition) is 7. The van der Waals surface area contributed by atoms with Gasteiger partial charge in [0.15, 0.2) is 9.84 Å². The SMILES string of the molecule is CC(=N)CC(=Nc1ccnc2ccccc12)N1CC(S(=O)(=O)c2ccccc2C(F)(F)F)CC1C(=O)NC1(C#N)CC1. The Hall–Kier alpha value is -4.31. The van der Waals surface area contributed by atoms with Crippen molar-refractivity contribution in [2.75, 3.05) is 6.54 Å². The fourth-order valence-corrected chi connectivity index (χ4v) is 7.06. The second-order valence-electron chi connectivity index (χ2n) is 10.6. The third-order valence-corrected chi connectivity index (χ3v) is 9.65. The van der Waals surface area contributed by atoms with E-state index >= 15 is 0 Å². The minimum Gasteiger partial charge on any atom is -0.346 e. The van der Waals surface area contributed by atoms with E-state index in [0.29, 0.717) is 35.5 Å². The average molecular weight is 597 g/mol. The molecule has 0 spiro atoms. The maximum Gasteiger partial charge on any atom is 0.417 e. The number of amidine groups is 1. The van der Waals surface area contributed by atoms with Crippen LogP contribution in [0.25, 0.3) is 10.9 Å². The molecule has 2 heterocycles. The monoisotopic (exact) mass is 596 g/mol. The Kier molecular flexibility index (Phi) is 7.53. The van der Waals surface area contributed by atoms with Crippen molar-refractivity contribution in [2.24, 2.45) is 4.99 Å². The van der Waals surface area contributed by atoms with Gasteiger partial charge in [-0.1, -0.05) is 30.3 Å². The van der Waals surface area contributed by atoms with E-state index in [2.05, 4.69) is 16.4 Å².